The van der Waals surface area contributed by atoms with Crippen LogP contribution in [-0.4, -0.2) is 40.9 Å². The van der Waals surface area contributed by atoms with Crippen molar-refractivity contribution in [3.05, 3.63) is 48.4 Å². The third kappa shape index (κ3) is 4.77. The first-order valence-corrected chi connectivity index (χ1v) is 9.58. The van der Waals surface area contributed by atoms with E-state index in [1.165, 1.54) is 23.1 Å². The molecule has 7 nitrogen and oxygen atoms in total. The monoisotopic (exact) mass is 390 g/mol. The Labute approximate surface area is 159 Å². The van der Waals surface area contributed by atoms with Crippen LogP contribution < -0.4 is 10.1 Å². The van der Waals surface area contributed by atoms with E-state index in [-0.39, 0.29) is 5.91 Å². The summed E-state index contributed by atoms with van der Waals surface area (Å²) < 4.78 is 11.3. The molecule has 0 fully saturated rings. The molecule has 0 atom stereocenters. The minimum Gasteiger partial charge on any atom is -0.495 e. The number of carbonyl (C=O) groups is 1. The standard InChI is InChI=1S/C17H18N4O3S2/c1-21(10-12-6-5-9-24-12)15(22)11-25-17-20-19-16(26-17)18-13-7-3-4-8-14(13)23-2/h3-9H,10-11H2,1-2H3,(H,18,19). The van der Waals surface area contributed by atoms with Gasteiger partial charge in [0.2, 0.25) is 11.0 Å². The van der Waals surface area contributed by atoms with Crippen LogP contribution in [0.2, 0.25) is 0 Å². The summed E-state index contributed by atoms with van der Waals surface area (Å²) in [6, 6.07) is 11.2. The van der Waals surface area contributed by atoms with Crippen LogP contribution in [0.15, 0.2) is 51.4 Å². The van der Waals surface area contributed by atoms with Crippen LogP contribution in [0.5, 0.6) is 5.75 Å². The average molecular weight is 390 g/mol. The van der Waals surface area contributed by atoms with E-state index < -0.39 is 0 Å². The van der Waals surface area contributed by atoms with Crippen molar-refractivity contribution in [1.82, 2.24) is 15.1 Å². The SMILES string of the molecule is COc1ccccc1Nc1nnc(SCC(=O)N(C)Cc2ccco2)s1. The Bertz CT molecular complexity index is 851. The van der Waals surface area contributed by atoms with Crippen molar-refractivity contribution in [2.75, 3.05) is 25.2 Å². The molecule has 0 unspecified atom stereocenters. The second-order valence-corrected chi connectivity index (χ2v) is 7.52. The maximum Gasteiger partial charge on any atom is 0.233 e. The van der Waals surface area contributed by atoms with Crippen molar-refractivity contribution in [3.63, 3.8) is 0 Å². The number of methoxy groups -OCH3 is 1. The number of hydrogen-bond donors (Lipinski definition) is 1. The maximum atomic E-state index is 12.2. The lowest BCUT2D eigenvalue weighted by atomic mass is 10.3. The third-order valence-corrected chi connectivity index (χ3v) is 5.43. The first-order chi connectivity index (χ1) is 12.7. The quantitative estimate of drug-likeness (QED) is 0.588. The number of rotatable bonds is 8. The normalized spacial score (nSPS) is 10.5. The summed E-state index contributed by atoms with van der Waals surface area (Å²) in [7, 11) is 3.37. The van der Waals surface area contributed by atoms with E-state index in [4.69, 9.17) is 9.15 Å². The van der Waals surface area contributed by atoms with Crippen LogP contribution in [0, 0.1) is 0 Å². The Morgan fingerprint density at radius 1 is 1.31 bits per heavy atom. The molecule has 1 N–H and O–H groups in total. The van der Waals surface area contributed by atoms with Gasteiger partial charge < -0.3 is 19.4 Å². The van der Waals surface area contributed by atoms with E-state index in [0.717, 1.165) is 21.5 Å². The number of amides is 1. The predicted octanol–water partition coefficient (Wildman–Crippen LogP) is 3.63. The molecule has 1 aromatic carbocycles. The molecule has 2 aromatic heterocycles. The number of hydrogen-bond acceptors (Lipinski definition) is 8. The second kappa shape index (κ2) is 8.72. The Kier molecular flexibility index (Phi) is 6.13. The average Bonchev–Trinajstić information content (AvgIpc) is 3.32. The predicted molar refractivity (Wildman–Crippen MR) is 102 cm³/mol. The number of carbonyl (C=O) groups excluding carboxylic acids is 1. The van der Waals surface area contributed by atoms with Gasteiger partial charge in [0, 0.05) is 7.05 Å². The van der Waals surface area contributed by atoms with Gasteiger partial charge in [-0.25, -0.2) is 0 Å². The van der Waals surface area contributed by atoms with Gasteiger partial charge in [0.15, 0.2) is 4.34 Å². The van der Waals surface area contributed by atoms with Crippen molar-refractivity contribution >= 4 is 39.8 Å². The van der Waals surface area contributed by atoms with Gasteiger partial charge in [-0.3, -0.25) is 4.79 Å². The van der Waals surface area contributed by atoms with Crippen molar-refractivity contribution in [2.45, 2.75) is 10.9 Å². The number of ether oxygens (including phenoxy) is 1. The minimum atomic E-state index is 0.000776. The van der Waals surface area contributed by atoms with Gasteiger partial charge in [0.1, 0.15) is 11.5 Å². The maximum absolute atomic E-state index is 12.2. The molecule has 2 heterocycles. The molecule has 0 aliphatic rings. The van der Waals surface area contributed by atoms with E-state index in [1.54, 1.807) is 31.4 Å². The summed E-state index contributed by atoms with van der Waals surface area (Å²) in [5.74, 6) is 1.78. The number of aromatic nitrogens is 2. The first kappa shape index (κ1) is 18.3. The zero-order valence-electron chi connectivity index (χ0n) is 14.3. The lowest BCUT2D eigenvalue weighted by Crippen LogP contribution is -2.27. The van der Waals surface area contributed by atoms with Crippen molar-refractivity contribution in [1.29, 1.82) is 0 Å². The van der Waals surface area contributed by atoms with Gasteiger partial charge >= 0.3 is 0 Å². The number of furan rings is 1. The van der Waals surface area contributed by atoms with E-state index in [9.17, 15) is 4.79 Å². The van der Waals surface area contributed by atoms with Crippen LogP contribution in [0.4, 0.5) is 10.8 Å². The molecular weight excluding hydrogens is 372 g/mol. The lowest BCUT2D eigenvalue weighted by molar-refractivity contribution is -0.127. The molecule has 0 spiro atoms. The molecule has 0 radical (unpaired) electrons. The highest BCUT2D eigenvalue weighted by Crippen LogP contribution is 2.31. The highest BCUT2D eigenvalue weighted by Gasteiger charge is 2.14. The fraction of sp³-hybridized carbons (Fsp3) is 0.235. The summed E-state index contributed by atoms with van der Waals surface area (Å²) in [6.45, 7) is 0.448. The fourth-order valence-electron chi connectivity index (χ4n) is 2.14. The molecule has 26 heavy (non-hydrogen) atoms. The summed E-state index contributed by atoms with van der Waals surface area (Å²) in [5.41, 5.74) is 0.817. The minimum absolute atomic E-state index is 0.000776. The molecule has 0 bridgehead atoms. The molecule has 3 aromatic rings. The van der Waals surface area contributed by atoms with Gasteiger partial charge in [-0.05, 0) is 24.3 Å². The highest BCUT2D eigenvalue weighted by molar-refractivity contribution is 8.01. The van der Waals surface area contributed by atoms with Crippen molar-refractivity contribution in [3.8, 4) is 5.75 Å². The van der Waals surface area contributed by atoms with Crippen LogP contribution >= 0.6 is 23.1 Å². The van der Waals surface area contributed by atoms with E-state index in [1.807, 2.05) is 30.3 Å². The van der Waals surface area contributed by atoms with Gasteiger partial charge in [0.05, 0.1) is 31.4 Å². The number of anilines is 2. The van der Waals surface area contributed by atoms with Gasteiger partial charge in [-0.15, -0.1) is 10.2 Å². The number of para-hydroxylation sites is 2. The van der Waals surface area contributed by atoms with Crippen molar-refractivity contribution < 1.29 is 13.9 Å². The first-order valence-electron chi connectivity index (χ1n) is 7.78. The van der Waals surface area contributed by atoms with E-state index in [0.29, 0.717) is 17.4 Å². The lowest BCUT2D eigenvalue weighted by Gasteiger charge is -2.14. The Hall–Kier alpha value is -2.52. The van der Waals surface area contributed by atoms with Crippen molar-refractivity contribution in [2.24, 2.45) is 0 Å². The van der Waals surface area contributed by atoms with Gasteiger partial charge in [-0.2, -0.15) is 0 Å². The summed E-state index contributed by atoms with van der Waals surface area (Å²) >= 11 is 2.75. The Balaban J connectivity index is 1.52. The molecular formula is C17H18N4O3S2. The molecule has 0 saturated heterocycles. The molecule has 3 rings (SSSR count). The van der Waals surface area contributed by atoms with E-state index in [2.05, 4.69) is 15.5 Å². The second-order valence-electron chi connectivity index (χ2n) is 5.32. The van der Waals surface area contributed by atoms with Gasteiger partial charge in [0.25, 0.3) is 0 Å². The molecule has 0 saturated carbocycles. The highest BCUT2D eigenvalue weighted by atomic mass is 32.2. The summed E-state index contributed by atoms with van der Waals surface area (Å²) in [5, 5.41) is 12.1. The molecule has 9 heteroatoms. The molecule has 136 valence electrons. The van der Waals surface area contributed by atoms with E-state index >= 15 is 0 Å². The smallest absolute Gasteiger partial charge is 0.233 e. The largest absolute Gasteiger partial charge is 0.495 e. The van der Waals surface area contributed by atoms with Gasteiger partial charge in [-0.1, -0.05) is 35.2 Å². The molecule has 0 aliphatic carbocycles. The number of nitrogens with zero attached hydrogens (tertiary/aromatic N) is 3. The topological polar surface area (TPSA) is 80.5 Å². The fourth-order valence-corrected chi connectivity index (χ4v) is 3.84. The third-order valence-electron chi connectivity index (χ3n) is 3.47. The zero-order valence-corrected chi connectivity index (χ0v) is 16.0. The Morgan fingerprint density at radius 2 is 2.15 bits per heavy atom. The van der Waals surface area contributed by atoms with Crippen LogP contribution in [0.1, 0.15) is 5.76 Å². The molecule has 1 amide bonds. The number of thioether (sulfide) groups is 1. The van der Waals surface area contributed by atoms with Crippen LogP contribution in [-0.2, 0) is 11.3 Å². The molecule has 0 aliphatic heterocycles. The number of benzene rings is 1. The Morgan fingerprint density at radius 3 is 2.92 bits per heavy atom. The zero-order chi connectivity index (χ0) is 18.4. The summed E-state index contributed by atoms with van der Waals surface area (Å²) in [4.78, 5) is 13.8. The van der Waals surface area contributed by atoms with Crippen LogP contribution in [0.3, 0.4) is 0 Å². The number of nitrogens with one attached hydrogen (secondary N) is 1. The summed E-state index contributed by atoms with van der Waals surface area (Å²) in [6.07, 6.45) is 1.60. The van der Waals surface area contributed by atoms with Crippen LogP contribution in [0.25, 0.3) is 0 Å².